The van der Waals surface area contributed by atoms with Crippen molar-refractivity contribution in [2.45, 2.75) is 71.2 Å². The van der Waals surface area contributed by atoms with Crippen LogP contribution in [0.15, 0.2) is 48.7 Å². The molecule has 38 heavy (non-hydrogen) atoms. The lowest BCUT2D eigenvalue weighted by Gasteiger charge is -2.22. The molecule has 1 heterocycles. The average Bonchev–Trinajstić information content (AvgIpc) is 3.40. The summed E-state index contributed by atoms with van der Waals surface area (Å²) in [7, 11) is 0. The number of benzene rings is 2. The summed E-state index contributed by atoms with van der Waals surface area (Å²) in [6.45, 7) is 4.59. The third-order valence-electron chi connectivity index (χ3n) is 6.67. The van der Waals surface area contributed by atoms with Gasteiger partial charge in [0.2, 0.25) is 0 Å². The van der Waals surface area contributed by atoms with Crippen LogP contribution in [0.4, 0.5) is 20.4 Å². The monoisotopic (exact) mass is 523 g/mol. The van der Waals surface area contributed by atoms with Gasteiger partial charge in [0.05, 0.1) is 11.9 Å². The number of esters is 1. The van der Waals surface area contributed by atoms with Gasteiger partial charge in [-0.25, -0.2) is 18.7 Å². The topological polar surface area (TPSA) is 102 Å². The predicted octanol–water partition coefficient (Wildman–Crippen LogP) is 5.61. The molecule has 1 aromatic heterocycles. The van der Waals surface area contributed by atoms with Crippen molar-refractivity contribution in [1.82, 2.24) is 15.3 Å². The summed E-state index contributed by atoms with van der Waals surface area (Å²) in [5, 5.41) is 6.25. The van der Waals surface area contributed by atoms with Gasteiger partial charge < -0.3 is 21.1 Å². The number of hydrogen-bond donors (Lipinski definition) is 3. The summed E-state index contributed by atoms with van der Waals surface area (Å²) in [6.07, 6.45) is 6.44. The van der Waals surface area contributed by atoms with Gasteiger partial charge in [0.15, 0.2) is 11.6 Å². The van der Waals surface area contributed by atoms with Crippen molar-refractivity contribution in [3.8, 4) is 11.3 Å². The van der Waals surface area contributed by atoms with Gasteiger partial charge in [-0.3, -0.25) is 4.79 Å². The van der Waals surface area contributed by atoms with Gasteiger partial charge in [0, 0.05) is 24.2 Å². The number of ether oxygens (including phenoxy) is 1. The number of aromatic nitrogens is 2. The second kappa shape index (κ2) is 12.8. The van der Waals surface area contributed by atoms with Crippen LogP contribution in [0, 0.1) is 17.6 Å². The SMILES string of the molecule is CC(C)C[C@H](NCc1ccc(-c2cnc(N)c(NCc3c(F)cccc3F)n2)cc1)C(=O)OC1CCCC1. The molecule has 1 aliphatic rings. The van der Waals surface area contributed by atoms with Gasteiger partial charge in [0.1, 0.15) is 23.8 Å². The summed E-state index contributed by atoms with van der Waals surface area (Å²) in [5.41, 5.74) is 8.22. The van der Waals surface area contributed by atoms with Crippen molar-refractivity contribution in [1.29, 1.82) is 0 Å². The Kier molecular flexibility index (Phi) is 9.23. The first-order valence-electron chi connectivity index (χ1n) is 13.1. The van der Waals surface area contributed by atoms with E-state index in [1.54, 1.807) is 6.20 Å². The molecular weight excluding hydrogens is 488 g/mol. The Morgan fingerprint density at radius 2 is 1.76 bits per heavy atom. The molecule has 4 rings (SSSR count). The molecule has 1 saturated carbocycles. The standard InChI is InChI=1S/C29H35F2N5O2/c1-18(2)14-25(29(37)38-21-6-3-4-7-21)33-15-19-10-12-20(13-11-19)26-17-34-27(32)28(36-26)35-16-22-23(30)8-5-9-24(22)31/h5,8-13,17-18,21,25,33H,3-4,6-7,14-16H2,1-2H3,(H2,32,34)(H,35,36)/t25-/m0/s1. The van der Waals surface area contributed by atoms with Gasteiger partial charge >= 0.3 is 5.97 Å². The molecule has 0 unspecified atom stereocenters. The number of anilines is 2. The second-order valence-corrected chi connectivity index (χ2v) is 10.1. The molecule has 4 N–H and O–H groups in total. The van der Waals surface area contributed by atoms with Gasteiger partial charge in [-0.05, 0) is 55.7 Å². The molecule has 1 aliphatic carbocycles. The molecule has 7 nitrogen and oxygen atoms in total. The molecule has 0 bridgehead atoms. The molecule has 0 saturated heterocycles. The Hall–Kier alpha value is -3.59. The number of nitrogens with zero attached hydrogens (tertiary/aromatic N) is 2. The van der Waals surface area contributed by atoms with Crippen molar-refractivity contribution in [3.05, 3.63) is 71.4 Å². The zero-order valence-electron chi connectivity index (χ0n) is 21.8. The maximum Gasteiger partial charge on any atom is 0.323 e. The number of nitrogens with two attached hydrogens (primary N) is 1. The lowest BCUT2D eigenvalue weighted by atomic mass is 10.0. The molecule has 0 aliphatic heterocycles. The maximum absolute atomic E-state index is 14.0. The third kappa shape index (κ3) is 7.25. The highest BCUT2D eigenvalue weighted by molar-refractivity contribution is 5.76. The van der Waals surface area contributed by atoms with Crippen LogP contribution in [0.5, 0.6) is 0 Å². The number of carbonyl (C=O) groups is 1. The van der Waals surface area contributed by atoms with E-state index in [4.69, 9.17) is 10.5 Å². The highest BCUT2D eigenvalue weighted by Gasteiger charge is 2.26. The van der Waals surface area contributed by atoms with E-state index >= 15 is 0 Å². The van der Waals surface area contributed by atoms with E-state index in [-0.39, 0.29) is 41.9 Å². The molecule has 2 aromatic carbocycles. The summed E-state index contributed by atoms with van der Waals surface area (Å²) >= 11 is 0. The first-order valence-corrected chi connectivity index (χ1v) is 13.1. The summed E-state index contributed by atoms with van der Waals surface area (Å²) < 4.78 is 33.7. The van der Waals surface area contributed by atoms with E-state index in [0.29, 0.717) is 24.6 Å². The number of rotatable bonds is 11. The smallest absolute Gasteiger partial charge is 0.323 e. The quantitative estimate of drug-likeness (QED) is 0.281. The Morgan fingerprint density at radius 1 is 1.08 bits per heavy atom. The Bertz CT molecular complexity index is 1210. The van der Waals surface area contributed by atoms with Crippen LogP contribution in [0.1, 0.15) is 57.1 Å². The Labute approximate surface area is 222 Å². The van der Waals surface area contributed by atoms with E-state index in [2.05, 4.69) is 34.4 Å². The third-order valence-corrected chi connectivity index (χ3v) is 6.67. The molecule has 3 aromatic rings. The minimum Gasteiger partial charge on any atom is -0.461 e. The molecule has 0 amide bonds. The molecule has 0 radical (unpaired) electrons. The van der Waals surface area contributed by atoms with Crippen molar-refractivity contribution >= 4 is 17.6 Å². The van der Waals surface area contributed by atoms with Crippen molar-refractivity contribution < 1.29 is 18.3 Å². The molecule has 202 valence electrons. The highest BCUT2D eigenvalue weighted by Crippen LogP contribution is 2.24. The molecular formula is C29H35F2N5O2. The molecule has 9 heteroatoms. The predicted molar refractivity (Wildman–Crippen MR) is 144 cm³/mol. The van der Waals surface area contributed by atoms with E-state index in [9.17, 15) is 13.6 Å². The summed E-state index contributed by atoms with van der Waals surface area (Å²) in [5.74, 6) is -0.735. The molecule has 0 spiro atoms. The minimum atomic E-state index is -0.646. The van der Waals surface area contributed by atoms with Crippen LogP contribution >= 0.6 is 0 Å². The Balaban J connectivity index is 1.39. The number of hydrogen-bond acceptors (Lipinski definition) is 7. The Morgan fingerprint density at radius 3 is 2.42 bits per heavy atom. The second-order valence-electron chi connectivity index (χ2n) is 10.1. The molecule has 1 atom stereocenters. The van der Waals surface area contributed by atoms with E-state index in [1.165, 1.54) is 18.2 Å². The zero-order chi connectivity index (χ0) is 27.1. The minimum absolute atomic E-state index is 0.0457. The fourth-order valence-electron chi connectivity index (χ4n) is 4.56. The van der Waals surface area contributed by atoms with Gasteiger partial charge in [-0.1, -0.05) is 44.2 Å². The first kappa shape index (κ1) is 27.4. The highest BCUT2D eigenvalue weighted by atomic mass is 19.1. The van der Waals surface area contributed by atoms with E-state index in [1.807, 2.05) is 24.3 Å². The van der Waals surface area contributed by atoms with Crippen molar-refractivity contribution in [2.75, 3.05) is 11.1 Å². The number of carbonyl (C=O) groups excluding carboxylic acids is 1. The van der Waals surface area contributed by atoms with Crippen LogP contribution in [0.2, 0.25) is 0 Å². The van der Waals surface area contributed by atoms with Crippen LogP contribution in [-0.2, 0) is 22.6 Å². The van der Waals surface area contributed by atoms with E-state index in [0.717, 1.165) is 36.8 Å². The lowest BCUT2D eigenvalue weighted by molar-refractivity contribution is -0.151. The summed E-state index contributed by atoms with van der Waals surface area (Å²) in [6, 6.07) is 11.1. The van der Waals surface area contributed by atoms with Crippen LogP contribution < -0.4 is 16.4 Å². The van der Waals surface area contributed by atoms with Crippen LogP contribution in [0.3, 0.4) is 0 Å². The first-order chi connectivity index (χ1) is 18.3. The van der Waals surface area contributed by atoms with Gasteiger partial charge in [-0.2, -0.15) is 0 Å². The maximum atomic E-state index is 14.0. The lowest BCUT2D eigenvalue weighted by Crippen LogP contribution is -2.40. The van der Waals surface area contributed by atoms with Gasteiger partial charge in [-0.15, -0.1) is 0 Å². The average molecular weight is 524 g/mol. The van der Waals surface area contributed by atoms with Gasteiger partial charge in [0.25, 0.3) is 0 Å². The normalized spacial score (nSPS) is 14.6. The van der Waals surface area contributed by atoms with Crippen molar-refractivity contribution in [3.63, 3.8) is 0 Å². The van der Waals surface area contributed by atoms with Crippen LogP contribution in [0.25, 0.3) is 11.3 Å². The largest absolute Gasteiger partial charge is 0.461 e. The molecule has 1 fully saturated rings. The van der Waals surface area contributed by atoms with Crippen LogP contribution in [-0.4, -0.2) is 28.1 Å². The van der Waals surface area contributed by atoms with E-state index < -0.39 is 11.6 Å². The summed E-state index contributed by atoms with van der Waals surface area (Å²) in [4.78, 5) is 21.5. The number of nitrogens with one attached hydrogen (secondary N) is 2. The number of nitrogen functional groups attached to an aromatic ring is 1. The fourth-order valence-corrected chi connectivity index (χ4v) is 4.56. The van der Waals surface area contributed by atoms with Crippen molar-refractivity contribution in [2.24, 2.45) is 5.92 Å². The zero-order valence-corrected chi connectivity index (χ0v) is 21.8. The number of halogens is 2. The fraction of sp³-hybridized carbons (Fsp3) is 0.414.